The number of esters is 2. The number of hydrogen-bond acceptors (Lipinski definition) is 5. The summed E-state index contributed by atoms with van der Waals surface area (Å²) in [5.74, 6) is -1.33. The van der Waals surface area contributed by atoms with Crippen molar-refractivity contribution in [3.8, 4) is 0 Å². The third kappa shape index (κ3) is 6.44. The van der Waals surface area contributed by atoms with Gasteiger partial charge in [-0.15, -0.1) is 12.6 Å². The molecule has 126 valence electrons. The van der Waals surface area contributed by atoms with Crippen molar-refractivity contribution in [2.45, 2.75) is 52.7 Å². The molecule has 0 bridgehead atoms. The first-order chi connectivity index (χ1) is 10.4. The summed E-state index contributed by atoms with van der Waals surface area (Å²) in [6.45, 7) is 10.5. The molecule has 0 aromatic carbocycles. The Morgan fingerprint density at radius 1 is 0.826 bits per heavy atom. The van der Waals surface area contributed by atoms with Crippen LogP contribution in [0.3, 0.4) is 0 Å². The molecule has 1 rings (SSSR count). The van der Waals surface area contributed by atoms with Crippen LogP contribution in [0.5, 0.6) is 0 Å². The number of aromatic nitrogens is 1. The van der Waals surface area contributed by atoms with E-state index in [1.54, 1.807) is 72.1 Å². The Hall–Kier alpha value is -1.82. The number of carbonyl (C=O) groups excluding carboxylic acids is 2. The highest BCUT2D eigenvalue weighted by atomic mass is 32.1. The van der Waals surface area contributed by atoms with E-state index in [-0.39, 0.29) is 10.6 Å². The van der Waals surface area contributed by atoms with Crippen molar-refractivity contribution in [1.82, 2.24) is 0 Å². The van der Waals surface area contributed by atoms with E-state index >= 15 is 0 Å². The zero-order valence-corrected chi connectivity index (χ0v) is 15.3. The number of ether oxygens (including phenoxy) is 2. The van der Waals surface area contributed by atoms with Crippen molar-refractivity contribution in [3.05, 3.63) is 35.5 Å². The van der Waals surface area contributed by atoms with Gasteiger partial charge in [0, 0.05) is 12.1 Å². The fraction of sp³-hybridized carbons (Fsp3) is 0.471. The van der Waals surface area contributed by atoms with Gasteiger partial charge in [-0.25, -0.2) is 9.59 Å². The maximum atomic E-state index is 12.5. The highest BCUT2D eigenvalue weighted by molar-refractivity contribution is 7.85. The Balaban J connectivity index is 3.31. The van der Waals surface area contributed by atoms with E-state index in [1.807, 2.05) is 0 Å². The molecule has 0 aliphatic heterocycles. The van der Waals surface area contributed by atoms with Crippen LogP contribution in [0.25, 0.3) is 5.70 Å². The monoisotopic (exact) mass is 338 g/mol. The van der Waals surface area contributed by atoms with Gasteiger partial charge in [0.2, 0.25) is 0 Å². The Morgan fingerprint density at radius 3 is 1.70 bits per heavy atom. The van der Waals surface area contributed by atoms with Crippen molar-refractivity contribution < 1.29 is 23.6 Å². The van der Waals surface area contributed by atoms with Gasteiger partial charge >= 0.3 is 17.6 Å². The summed E-state index contributed by atoms with van der Waals surface area (Å²) in [4.78, 5) is 24.7. The van der Waals surface area contributed by atoms with Gasteiger partial charge in [0.05, 0.1) is 0 Å². The largest absolute Gasteiger partial charge is 0.456 e. The Kier molecular flexibility index (Phi) is 5.99. The van der Waals surface area contributed by atoms with Crippen molar-refractivity contribution >= 4 is 30.3 Å². The second-order valence-corrected chi connectivity index (χ2v) is 7.43. The van der Waals surface area contributed by atoms with Crippen molar-refractivity contribution in [2.24, 2.45) is 0 Å². The first-order valence-electron chi connectivity index (χ1n) is 7.27. The van der Waals surface area contributed by atoms with Crippen LogP contribution in [0.2, 0.25) is 0 Å². The molecule has 0 saturated heterocycles. The third-order valence-electron chi connectivity index (χ3n) is 2.38. The molecule has 0 spiro atoms. The topological polar surface area (TPSA) is 56.5 Å². The van der Waals surface area contributed by atoms with Crippen LogP contribution < -0.4 is 4.57 Å². The second-order valence-electron chi connectivity index (χ2n) is 6.98. The molecular weight excluding hydrogens is 314 g/mol. The average Bonchev–Trinajstić information content (AvgIpc) is 2.35. The van der Waals surface area contributed by atoms with Gasteiger partial charge in [0.1, 0.15) is 11.2 Å². The van der Waals surface area contributed by atoms with Crippen LogP contribution in [0.4, 0.5) is 0 Å². The van der Waals surface area contributed by atoms with Crippen LogP contribution in [0, 0.1) is 0 Å². The van der Waals surface area contributed by atoms with Crippen molar-refractivity contribution in [2.75, 3.05) is 0 Å². The Labute approximate surface area is 142 Å². The highest BCUT2D eigenvalue weighted by Crippen LogP contribution is 2.19. The fourth-order valence-electron chi connectivity index (χ4n) is 1.62. The minimum atomic E-state index is -0.695. The maximum absolute atomic E-state index is 12.5. The molecule has 0 N–H and O–H groups in total. The Bertz CT molecular complexity index is 610. The molecule has 0 saturated carbocycles. The molecule has 0 atom stereocenters. The van der Waals surface area contributed by atoms with Gasteiger partial charge in [-0.05, 0) is 41.5 Å². The minimum Gasteiger partial charge on any atom is -0.456 e. The van der Waals surface area contributed by atoms with Gasteiger partial charge in [0.25, 0.3) is 0 Å². The molecule has 6 heteroatoms. The molecule has 23 heavy (non-hydrogen) atoms. The smallest absolute Gasteiger partial charge is 0.406 e. The van der Waals surface area contributed by atoms with Crippen molar-refractivity contribution in [3.63, 3.8) is 0 Å². The molecule has 0 aliphatic carbocycles. The molecule has 1 heterocycles. The second kappa shape index (κ2) is 7.17. The maximum Gasteiger partial charge on any atom is 0.406 e. The van der Waals surface area contributed by atoms with E-state index in [0.29, 0.717) is 0 Å². The lowest BCUT2D eigenvalue weighted by Gasteiger charge is -2.21. The van der Waals surface area contributed by atoms with Gasteiger partial charge in [-0.2, -0.15) is 4.57 Å². The van der Waals surface area contributed by atoms with Crippen molar-refractivity contribution in [1.29, 1.82) is 0 Å². The number of nitrogens with zero attached hydrogens (tertiary/aromatic N) is 1. The zero-order valence-electron chi connectivity index (χ0n) is 14.4. The van der Waals surface area contributed by atoms with Crippen LogP contribution in [0.15, 0.2) is 35.5 Å². The van der Waals surface area contributed by atoms with Gasteiger partial charge < -0.3 is 9.47 Å². The molecule has 0 amide bonds. The molecular formula is C17H24NO4S+. The predicted octanol–water partition coefficient (Wildman–Crippen LogP) is 2.76. The van der Waals surface area contributed by atoms with E-state index < -0.39 is 23.1 Å². The number of rotatable bonds is 3. The van der Waals surface area contributed by atoms with E-state index in [4.69, 9.17) is 9.47 Å². The zero-order chi connectivity index (χ0) is 17.8. The van der Waals surface area contributed by atoms with E-state index in [0.717, 1.165) is 0 Å². The molecule has 1 aromatic heterocycles. The summed E-state index contributed by atoms with van der Waals surface area (Å²) in [6.07, 6.45) is 3.28. The number of hydrogen-bond donors (Lipinski definition) is 1. The summed E-state index contributed by atoms with van der Waals surface area (Å²) in [5.41, 5.74) is -1.37. The molecule has 5 nitrogen and oxygen atoms in total. The van der Waals surface area contributed by atoms with Gasteiger partial charge in [0.15, 0.2) is 17.3 Å². The van der Waals surface area contributed by atoms with Crippen LogP contribution in [-0.4, -0.2) is 23.1 Å². The van der Waals surface area contributed by atoms with E-state index in [1.165, 1.54) is 4.57 Å². The quantitative estimate of drug-likeness (QED) is 0.398. The number of pyridine rings is 1. The molecule has 0 unspecified atom stereocenters. The van der Waals surface area contributed by atoms with Gasteiger partial charge in [-0.1, -0.05) is 6.07 Å². The number of thiol groups is 1. The minimum absolute atomic E-state index is 0.0121. The number of carbonyl (C=O) groups is 2. The average molecular weight is 338 g/mol. The van der Waals surface area contributed by atoms with E-state index in [2.05, 4.69) is 12.6 Å². The van der Waals surface area contributed by atoms with Crippen LogP contribution in [-0.2, 0) is 19.1 Å². The molecule has 0 aliphatic rings. The van der Waals surface area contributed by atoms with E-state index in [9.17, 15) is 9.59 Å². The third-order valence-corrected chi connectivity index (χ3v) is 2.78. The summed E-state index contributed by atoms with van der Waals surface area (Å²) in [6, 6.07) is 5.27. The Morgan fingerprint density at radius 2 is 1.26 bits per heavy atom. The van der Waals surface area contributed by atoms with Gasteiger partial charge in [-0.3, -0.25) is 0 Å². The lowest BCUT2D eigenvalue weighted by atomic mass is 10.2. The standard InChI is InChI=1S/C17H23NO4S/c1-16(2,3)21-14(19)12(18-10-8-7-9-11-18)13(23)15(20)22-17(4,5)6/h7-11H,1-6H3/p+1. The highest BCUT2D eigenvalue weighted by Gasteiger charge is 2.34. The summed E-state index contributed by atoms with van der Waals surface area (Å²) in [5, 5.41) is 0. The molecule has 0 radical (unpaired) electrons. The summed E-state index contributed by atoms with van der Waals surface area (Å²) >= 11 is 4.22. The normalized spacial score (nSPS) is 13.2. The van der Waals surface area contributed by atoms with Crippen LogP contribution >= 0.6 is 12.6 Å². The summed E-state index contributed by atoms with van der Waals surface area (Å²) in [7, 11) is 0. The molecule has 1 aromatic rings. The van der Waals surface area contributed by atoms with Crippen LogP contribution in [0.1, 0.15) is 41.5 Å². The lowest BCUT2D eigenvalue weighted by molar-refractivity contribution is -0.578. The first kappa shape index (κ1) is 19.2. The molecule has 0 fully saturated rings. The summed E-state index contributed by atoms with van der Waals surface area (Å²) < 4.78 is 12.2. The lowest BCUT2D eigenvalue weighted by Crippen LogP contribution is -2.40. The first-order valence-corrected chi connectivity index (χ1v) is 7.72. The SMILES string of the molecule is CC(C)(C)OC(=O)/C(S)=C(\C(=O)OC(C)(C)C)[n+]1ccccc1. The fourth-order valence-corrected chi connectivity index (χ4v) is 1.87. The predicted molar refractivity (Wildman–Crippen MR) is 90.5 cm³/mol.